The molecular formula is C16H24O2. The molecule has 0 radical (unpaired) electrons. The molecule has 0 aliphatic rings. The first kappa shape index (κ1) is 14.9. The number of carbonyl (C=O) groups is 1. The predicted molar refractivity (Wildman–Crippen MR) is 75.1 cm³/mol. The SMILES string of the molecule is CCCOCCC(=O)Cc1c(C)cc(C)cc1C. The van der Waals surface area contributed by atoms with Gasteiger partial charge < -0.3 is 4.74 Å². The highest BCUT2D eigenvalue weighted by molar-refractivity contribution is 5.81. The first-order chi connectivity index (χ1) is 8.54. The molecule has 0 bridgehead atoms. The number of aryl methyl sites for hydroxylation is 3. The van der Waals surface area contributed by atoms with Crippen molar-refractivity contribution in [3.63, 3.8) is 0 Å². The monoisotopic (exact) mass is 248 g/mol. The Morgan fingerprint density at radius 1 is 1.11 bits per heavy atom. The highest BCUT2D eigenvalue weighted by Crippen LogP contribution is 2.17. The maximum atomic E-state index is 11.9. The van der Waals surface area contributed by atoms with Gasteiger partial charge in [-0.15, -0.1) is 0 Å². The van der Waals surface area contributed by atoms with E-state index < -0.39 is 0 Å². The van der Waals surface area contributed by atoms with Gasteiger partial charge >= 0.3 is 0 Å². The van der Waals surface area contributed by atoms with Crippen molar-refractivity contribution in [2.75, 3.05) is 13.2 Å². The second-order valence-electron chi connectivity index (χ2n) is 4.96. The molecule has 0 fully saturated rings. The number of ether oxygens (including phenoxy) is 1. The summed E-state index contributed by atoms with van der Waals surface area (Å²) in [4.78, 5) is 11.9. The Morgan fingerprint density at radius 3 is 2.28 bits per heavy atom. The van der Waals surface area contributed by atoms with Gasteiger partial charge in [0.2, 0.25) is 0 Å². The van der Waals surface area contributed by atoms with Gasteiger partial charge in [0.05, 0.1) is 6.61 Å². The van der Waals surface area contributed by atoms with Crippen molar-refractivity contribution in [2.45, 2.75) is 47.0 Å². The van der Waals surface area contributed by atoms with Gasteiger partial charge in [-0.25, -0.2) is 0 Å². The van der Waals surface area contributed by atoms with Gasteiger partial charge in [-0.05, 0) is 43.9 Å². The molecular weight excluding hydrogens is 224 g/mol. The number of hydrogen-bond acceptors (Lipinski definition) is 2. The molecule has 1 rings (SSSR count). The zero-order valence-corrected chi connectivity index (χ0v) is 12.0. The smallest absolute Gasteiger partial charge is 0.139 e. The average molecular weight is 248 g/mol. The molecule has 0 atom stereocenters. The molecule has 100 valence electrons. The Bertz CT molecular complexity index is 385. The minimum Gasteiger partial charge on any atom is -0.381 e. The van der Waals surface area contributed by atoms with E-state index in [9.17, 15) is 4.79 Å². The average Bonchev–Trinajstić information content (AvgIpc) is 2.29. The Kier molecular flexibility index (Phi) is 6.06. The van der Waals surface area contributed by atoms with Crippen molar-refractivity contribution in [1.82, 2.24) is 0 Å². The summed E-state index contributed by atoms with van der Waals surface area (Å²) >= 11 is 0. The van der Waals surface area contributed by atoms with E-state index in [4.69, 9.17) is 4.74 Å². The second-order valence-corrected chi connectivity index (χ2v) is 4.96. The molecule has 0 aliphatic carbocycles. The van der Waals surface area contributed by atoms with E-state index in [0.717, 1.165) is 13.0 Å². The minimum absolute atomic E-state index is 0.265. The zero-order valence-electron chi connectivity index (χ0n) is 12.0. The van der Waals surface area contributed by atoms with Gasteiger partial charge in [0.15, 0.2) is 0 Å². The fraction of sp³-hybridized carbons (Fsp3) is 0.562. The Labute approximate surface area is 110 Å². The molecule has 0 aliphatic heterocycles. The van der Waals surface area contributed by atoms with E-state index in [1.54, 1.807) is 0 Å². The van der Waals surface area contributed by atoms with Crippen LogP contribution in [0.4, 0.5) is 0 Å². The van der Waals surface area contributed by atoms with E-state index in [1.807, 2.05) is 0 Å². The molecule has 2 heteroatoms. The Hall–Kier alpha value is -1.15. The summed E-state index contributed by atoms with van der Waals surface area (Å²) in [6, 6.07) is 4.28. The van der Waals surface area contributed by atoms with Crippen LogP contribution >= 0.6 is 0 Å². The molecule has 1 aromatic carbocycles. The van der Waals surface area contributed by atoms with Crippen LogP contribution in [0.3, 0.4) is 0 Å². The summed E-state index contributed by atoms with van der Waals surface area (Å²) in [7, 11) is 0. The molecule has 0 amide bonds. The third-order valence-corrected chi connectivity index (χ3v) is 3.09. The molecule has 0 heterocycles. The highest BCUT2D eigenvalue weighted by Gasteiger charge is 2.09. The van der Waals surface area contributed by atoms with Gasteiger partial charge in [-0.2, -0.15) is 0 Å². The summed E-state index contributed by atoms with van der Waals surface area (Å²) in [5, 5.41) is 0. The van der Waals surface area contributed by atoms with Crippen LogP contribution < -0.4 is 0 Å². The molecule has 0 spiro atoms. The summed E-state index contributed by atoms with van der Waals surface area (Å²) in [5.74, 6) is 0.265. The number of ketones is 1. The van der Waals surface area contributed by atoms with E-state index >= 15 is 0 Å². The summed E-state index contributed by atoms with van der Waals surface area (Å²) in [6.45, 7) is 9.62. The van der Waals surface area contributed by atoms with Crippen LogP contribution in [0.1, 0.15) is 42.0 Å². The van der Waals surface area contributed by atoms with E-state index in [1.165, 1.54) is 22.3 Å². The lowest BCUT2D eigenvalue weighted by atomic mass is 9.95. The van der Waals surface area contributed by atoms with Crippen LogP contribution in [-0.4, -0.2) is 19.0 Å². The number of hydrogen-bond donors (Lipinski definition) is 0. The highest BCUT2D eigenvalue weighted by atomic mass is 16.5. The van der Waals surface area contributed by atoms with Gasteiger partial charge in [0.1, 0.15) is 5.78 Å². The molecule has 0 N–H and O–H groups in total. The fourth-order valence-corrected chi connectivity index (χ4v) is 2.21. The van der Waals surface area contributed by atoms with Crippen LogP contribution in [0.15, 0.2) is 12.1 Å². The molecule has 0 saturated carbocycles. The number of Topliss-reactive ketones (excluding diaryl/α,β-unsaturated/α-hetero) is 1. The summed E-state index contributed by atoms with van der Waals surface area (Å²) < 4.78 is 5.35. The first-order valence-electron chi connectivity index (χ1n) is 6.70. The first-order valence-corrected chi connectivity index (χ1v) is 6.70. The number of carbonyl (C=O) groups excluding carboxylic acids is 1. The van der Waals surface area contributed by atoms with Gasteiger partial charge in [0.25, 0.3) is 0 Å². The van der Waals surface area contributed by atoms with Crippen LogP contribution in [0.5, 0.6) is 0 Å². The van der Waals surface area contributed by atoms with Crippen LogP contribution in [-0.2, 0) is 16.0 Å². The van der Waals surface area contributed by atoms with E-state index in [2.05, 4.69) is 39.8 Å². The van der Waals surface area contributed by atoms with Gasteiger partial charge in [-0.3, -0.25) is 4.79 Å². The lowest BCUT2D eigenvalue weighted by Crippen LogP contribution is -2.09. The van der Waals surface area contributed by atoms with Gasteiger partial charge in [0, 0.05) is 19.4 Å². The summed E-state index contributed by atoms with van der Waals surface area (Å²) in [5.41, 5.74) is 4.87. The zero-order chi connectivity index (χ0) is 13.5. The van der Waals surface area contributed by atoms with Crippen LogP contribution in [0, 0.1) is 20.8 Å². The molecule has 2 nitrogen and oxygen atoms in total. The van der Waals surface area contributed by atoms with Crippen molar-refractivity contribution in [3.8, 4) is 0 Å². The van der Waals surface area contributed by atoms with Crippen LogP contribution in [0.2, 0.25) is 0 Å². The third kappa shape index (κ3) is 4.61. The third-order valence-electron chi connectivity index (χ3n) is 3.09. The van der Waals surface area contributed by atoms with E-state index in [0.29, 0.717) is 19.4 Å². The van der Waals surface area contributed by atoms with Crippen molar-refractivity contribution < 1.29 is 9.53 Å². The number of rotatable bonds is 7. The Balaban J connectivity index is 2.54. The van der Waals surface area contributed by atoms with Crippen molar-refractivity contribution in [3.05, 3.63) is 34.4 Å². The maximum absolute atomic E-state index is 11.9. The predicted octanol–water partition coefficient (Wildman–Crippen LogP) is 3.54. The minimum atomic E-state index is 0.265. The lowest BCUT2D eigenvalue weighted by Gasteiger charge is -2.10. The Morgan fingerprint density at radius 2 is 1.72 bits per heavy atom. The standard InChI is InChI=1S/C16H24O2/c1-5-7-18-8-6-15(17)11-16-13(3)9-12(2)10-14(16)4/h9-10H,5-8,11H2,1-4H3. The number of benzene rings is 1. The molecule has 0 unspecified atom stereocenters. The molecule has 1 aromatic rings. The molecule has 18 heavy (non-hydrogen) atoms. The normalized spacial score (nSPS) is 10.7. The van der Waals surface area contributed by atoms with E-state index in [-0.39, 0.29) is 5.78 Å². The molecule has 0 aromatic heterocycles. The van der Waals surface area contributed by atoms with Crippen molar-refractivity contribution >= 4 is 5.78 Å². The quantitative estimate of drug-likeness (QED) is 0.690. The van der Waals surface area contributed by atoms with Crippen molar-refractivity contribution in [2.24, 2.45) is 0 Å². The largest absolute Gasteiger partial charge is 0.381 e. The van der Waals surface area contributed by atoms with Gasteiger partial charge in [-0.1, -0.05) is 24.6 Å². The summed E-state index contributed by atoms with van der Waals surface area (Å²) in [6.07, 6.45) is 2.06. The van der Waals surface area contributed by atoms with Crippen molar-refractivity contribution in [1.29, 1.82) is 0 Å². The lowest BCUT2D eigenvalue weighted by molar-refractivity contribution is -0.119. The fourth-order valence-electron chi connectivity index (χ4n) is 2.21. The topological polar surface area (TPSA) is 26.3 Å². The second kappa shape index (κ2) is 7.32. The molecule has 0 saturated heterocycles. The van der Waals surface area contributed by atoms with Crippen LogP contribution in [0.25, 0.3) is 0 Å². The maximum Gasteiger partial charge on any atom is 0.139 e.